The van der Waals surface area contributed by atoms with E-state index in [2.05, 4.69) is 4.98 Å². The minimum absolute atomic E-state index is 0.180. The van der Waals surface area contributed by atoms with Crippen molar-refractivity contribution in [2.75, 3.05) is 25.1 Å². The number of thioether (sulfide) groups is 1. The van der Waals surface area contributed by atoms with Gasteiger partial charge >= 0.3 is 0 Å². The average molecular weight is 307 g/mol. The molecule has 1 saturated heterocycles. The fourth-order valence-corrected chi connectivity index (χ4v) is 4.57. The highest BCUT2D eigenvalue weighted by Crippen LogP contribution is 2.26. The summed E-state index contributed by atoms with van der Waals surface area (Å²) in [7, 11) is -3.44. The third-order valence-electron chi connectivity index (χ3n) is 2.97. The van der Waals surface area contributed by atoms with Crippen molar-refractivity contribution in [3.63, 3.8) is 0 Å². The van der Waals surface area contributed by atoms with E-state index in [4.69, 9.17) is 11.6 Å². The number of halogens is 1. The second-order valence-electron chi connectivity index (χ2n) is 4.31. The Balaban J connectivity index is 2.18. The molecule has 0 aromatic carbocycles. The summed E-state index contributed by atoms with van der Waals surface area (Å²) < 4.78 is 26.2. The topological polar surface area (TPSA) is 50.3 Å². The van der Waals surface area contributed by atoms with Gasteiger partial charge in [-0.3, -0.25) is 4.98 Å². The molecule has 2 heterocycles. The van der Waals surface area contributed by atoms with Gasteiger partial charge in [-0.2, -0.15) is 16.1 Å². The first-order valence-electron chi connectivity index (χ1n) is 5.63. The molecule has 0 spiro atoms. The fourth-order valence-electron chi connectivity index (χ4n) is 2.07. The number of nitrogens with zero attached hydrogens (tertiary/aromatic N) is 2. The summed E-state index contributed by atoms with van der Waals surface area (Å²) >= 11 is 7.54. The summed E-state index contributed by atoms with van der Waals surface area (Å²) in [5, 5.41) is 0.343. The molecule has 7 heteroatoms. The average Bonchev–Trinajstić information content (AvgIpc) is 2.79. The Morgan fingerprint density at radius 3 is 3.00 bits per heavy atom. The van der Waals surface area contributed by atoms with Crippen molar-refractivity contribution in [2.24, 2.45) is 5.92 Å². The van der Waals surface area contributed by atoms with Crippen LogP contribution in [0.3, 0.4) is 0 Å². The molecule has 0 aliphatic carbocycles. The SMILES string of the molecule is CSC[C@@H]1CCN(S(=O)(=O)c2cncc(Cl)c2)C1. The van der Waals surface area contributed by atoms with Crippen LogP contribution >= 0.6 is 23.4 Å². The minimum Gasteiger partial charge on any atom is -0.262 e. The first-order chi connectivity index (χ1) is 8.54. The van der Waals surface area contributed by atoms with Gasteiger partial charge in [-0.1, -0.05) is 11.6 Å². The molecule has 1 aliphatic heterocycles. The number of rotatable bonds is 4. The Hall–Kier alpha value is -0.300. The van der Waals surface area contributed by atoms with Crippen molar-refractivity contribution in [3.05, 3.63) is 23.5 Å². The van der Waals surface area contributed by atoms with Gasteiger partial charge in [0, 0.05) is 25.5 Å². The van der Waals surface area contributed by atoms with Crippen LogP contribution in [-0.4, -0.2) is 42.8 Å². The molecule has 1 fully saturated rings. The first-order valence-corrected chi connectivity index (χ1v) is 8.85. The largest absolute Gasteiger partial charge is 0.262 e. The van der Waals surface area contributed by atoms with Crippen LogP contribution in [0.5, 0.6) is 0 Å². The second kappa shape index (κ2) is 5.77. The van der Waals surface area contributed by atoms with Crippen LogP contribution in [0.4, 0.5) is 0 Å². The third kappa shape index (κ3) is 2.99. The molecule has 1 aromatic rings. The molecular formula is C11H15ClN2O2S2. The first kappa shape index (κ1) is 14.1. The highest BCUT2D eigenvalue weighted by Gasteiger charge is 2.32. The van der Waals surface area contributed by atoms with E-state index >= 15 is 0 Å². The molecule has 1 aliphatic rings. The van der Waals surface area contributed by atoms with E-state index < -0.39 is 10.0 Å². The summed E-state index contributed by atoms with van der Waals surface area (Å²) in [6.45, 7) is 1.18. The van der Waals surface area contributed by atoms with Gasteiger partial charge in [0.25, 0.3) is 0 Å². The van der Waals surface area contributed by atoms with Gasteiger partial charge < -0.3 is 0 Å². The molecule has 4 nitrogen and oxygen atoms in total. The van der Waals surface area contributed by atoms with E-state index in [1.807, 2.05) is 6.26 Å². The molecule has 0 bridgehead atoms. The molecule has 0 radical (unpaired) electrons. The molecule has 0 saturated carbocycles. The lowest BCUT2D eigenvalue weighted by molar-refractivity contribution is 0.465. The zero-order valence-corrected chi connectivity index (χ0v) is 12.4. The Bertz CT molecular complexity index is 522. The Morgan fingerprint density at radius 1 is 1.56 bits per heavy atom. The zero-order chi connectivity index (χ0) is 13.2. The van der Waals surface area contributed by atoms with Crippen molar-refractivity contribution < 1.29 is 8.42 Å². The predicted octanol–water partition coefficient (Wildman–Crippen LogP) is 2.11. The highest BCUT2D eigenvalue weighted by atomic mass is 35.5. The third-order valence-corrected chi connectivity index (χ3v) is 5.81. The molecule has 0 unspecified atom stereocenters. The maximum Gasteiger partial charge on any atom is 0.244 e. The van der Waals surface area contributed by atoms with E-state index in [1.54, 1.807) is 11.8 Å². The lowest BCUT2D eigenvalue weighted by atomic mass is 10.2. The summed E-state index contributed by atoms with van der Waals surface area (Å²) in [6, 6.07) is 1.45. The zero-order valence-electron chi connectivity index (χ0n) is 10.0. The van der Waals surface area contributed by atoms with Gasteiger partial charge in [0.15, 0.2) is 0 Å². The molecule has 100 valence electrons. The van der Waals surface area contributed by atoms with Crippen LogP contribution in [0.1, 0.15) is 6.42 Å². The maximum absolute atomic E-state index is 12.4. The van der Waals surface area contributed by atoms with Crippen LogP contribution in [-0.2, 0) is 10.0 Å². The van der Waals surface area contributed by atoms with Crippen LogP contribution < -0.4 is 0 Å². The van der Waals surface area contributed by atoms with Crippen LogP contribution in [0.15, 0.2) is 23.4 Å². The summed E-state index contributed by atoms with van der Waals surface area (Å²) in [6.07, 6.45) is 5.75. The second-order valence-corrected chi connectivity index (χ2v) is 7.60. The molecule has 0 amide bonds. The van der Waals surface area contributed by atoms with Gasteiger partial charge in [0.1, 0.15) is 4.90 Å². The summed E-state index contributed by atoms with van der Waals surface area (Å²) in [5.41, 5.74) is 0. The number of hydrogen-bond acceptors (Lipinski definition) is 4. The van der Waals surface area contributed by atoms with Crippen molar-refractivity contribution in [1.29, 1.82) is 0 Å². The van der Waals surface area contributed by atoms with Crippen molar-refractivity contribution in [2.45, 2.75) is 11.3 Å². The van der Waals surface area contributed by atoms with E-state index in [9.17, 15) is 8.42 Å². The number of aromatic nitrogens is 1. The van der Waals surface area contributed by atoms with Crippen molar-refractivity contribution >= 4 is 33.4 Å². The monoisotopic (exact) mass is 306 g/mol. The van der Waals surface area contributed by atoms with E-state index in [0.717, 1.165) is 12.2 Å². The minimum atomic E-state index is -3.44. The van der Waals surface area contributed by atoms with E-state index in [1.165, 1.54) is 22.8 Å². The van der Waals surface area contributed by atoms with Crippen LogP contribution in [0, 0.1) is 5.92 Å². The summed E-state index contributed by atoms with van der Waals surface area (Å²) in [4.78, 5) is 4.02. The molecule has 1 atom stereocenters. The molecule has 1 aromatic heterocycles. The highest BCUT2D eigenvalue weighted by molar-refractivity contribution is 7.98. The number of hydrogen-bond donors (Lipinski definition) is 0. The lowest BCUT2D eigenvalue weighted by Gasteiger charge is -2.16. The number of pyridine rings is 1. The van der Waals surface area contributed by atoms with Crippen molar-refractivity contribution in [1.82, 2.24) is 9.29 Å². The fraction of sp³-hybridized carbons (Fsp3) is 0.545. The van der Waals surface area contributed by atoms with Gasteiger partial charge in [-0.05, 0) is 30.4 Å². The summed E-state index contributed by atoms with van der Waals surface area (Å²) in [5.74, 6) is 1.45. The van der Waals surface area contributed by atoms with Gasteiger partial charge in [0.2, 0.25) is 10.0 Å². The molecule has 18 heavy (non-hydrogen) atoms. The van der Waals surface area contributed by atoms with Crippen LogP contribution in [0.2, 0.25) is 5.02 Å². The van der Waals surface area contributed by atoms with E-state index in [0.29, 0.717) is 24.0 Å². The lowest BCUT2D eigenvalue weighted by Crippen LogP contribution is -2.29. The Morgan fingerprint density at radius 2 is 2.33 bits per heavy atom. The quantitative estimate of drug-likeness (QED) is 0.855. The van der Waals surface area contributed by atoms with Gasteiger partial charge in [-0.25, -0.2) is 8.42 Å². The molecule has 0 N–H and O–H groups in total. The molecule has 2 rings (SSSR count). The van der Waals surface area contributed by atoms with Gasteiger partial charge in [0.05, 0.1) is 5.02 Å². The smallest absolute Gasteiger partial charge is 0.244 e. The Kier molecular flexibility index (Phi) is 4.53. The van der Waals surface area contributed by atoms with Crippen molar-refractivity contribution in [3.8, 4) is 0 Å². The van der Waals surface area contributed by atoms with Gasteiger partial charge in [-0.15, -0.1) is 0 Å². The van der Waals surface area contributed by atoms with E-state index in [-0.39, 0.29) is 4.90 Å². The Labute approximate surface area is 117 Å². The van der Waals surface area contributed by atoms with Crippen LogP contribution in [0.25, 0.3) is 0 Å². The maximum atomic E-state index is 12.4. The normalized spacial score (nSPS) is 21.3. The molecular weight excluding hydrogens is 292 g/mol. The standard InChI is InChI=1S/C11H15ClN2O2S2/c1-17-8-9-2-3-14(7-9)18(15,16)11-4-10(12)5-13-6-11/h4-6,9H,2-3,7-8H2,1H3/t9-/m1/s1. The number of sulfonamides is 1. The predicted molar refractivity (Wildman–Crippen MR) is 74.5 cm³/mol.